The van der Waals surface area contributed by atoms with E-state index in [1.165, 1.54) is 0 Å². The predicted molar refractivity (Wildman–Crippen MR) is 164 cm³/mol. The van der Waals surface area contributed by atoms with Gasteiger partial charge < -0.3 is 15.3 Å². The summed E-state index contributed by atoms with van der Waals surface area (Å²) in [6.45, 7) is 18.6. The Labute approximate surface area is 246 Å². The first-order valence-corrected chi connectivity index (χ1v) is 16.2. The Kier molecular flexibility index (Phi) is 19.4. The molecule has 0 aromatic heterocycles. The van der Waals surface area contributed by atoms with Crippen molar-refractivity contribution < 1.29 is 29.7 Å². The fourth-order valence-electron chi connectivity index (χ4n) is 5.33. The van der Waals surface area contributed by atoms with Crippen molar-refractivity contribution in [3.8, 4) is 0 Å². The number of aliphatic hydroxyl groups is 3. The average molecular weight is 569 g/mol. The summed E-state index contributed by atoms with van der Waals surface area (Å²) in [5, 5.41) is 33.4. The first kappa shape index (κ1) is 38.9. The number of carbonyl (C=O) groups is 3. The van der Waals surface area contributed by atoms with E-state index in [4.69, 9.17) is 0 Å². The minimum absolute atomic E-state index is 0.0242. The molecule has 0 amide bonds. The Morgan fingerprint density at radius 1 is 0.575 bits per heavy atom. The molecule has 6 nitrogen and oxygen atoms in total. The van der Waals surface area contributed by atoms with Crippen LogP contribution in [0.25, 0.3) is 0 Å². The normalized spacial score (nSPS) is 17.5. The SMILES string of the molecule is CC(C)CCCC(C)CCC(=O)C(O)C(O)C(O)(C(=O)CCC(C)CCCC(C)C)C(=O)C(C)CCCC(C)C. The largest absolute Gasteiger partial charge is 0.386 e. The molecule has 0 aliphatic heterocycles. The van der Waals surface area contributed by atoms with E-state index in [0.29, 0.717) is 37.0 Å². The lowest BCUT2D eigenvalue weighted by Gasteiger charge is -2.34. The topological polar surface area (TPSA) is 112 Å². The van der Waals surface area contributed by atoms with Gasteiger partial charge in [0.05, 0.1) is 0 Å². The number of hydrogen-bond acceptors (Lipinski definition) is 6. The van der Waals surface area contributed by atoms with Gasteiger partial charge in [0.1, 0.15) is 12.2 Å². The lowest BCUT2D eigenvalue weighted by Crippen LogP contribution is -2.62. The van der Waals surface area contributed by atoms with Gasteiger partial charge in [-0.25, -0.2) is 0 Å². The van der Waals surface area contributed by atoms with Crippen LogP contribution in [0.15, 0.2) is 0 Å². The molecule has 0 saturated heterocycles. The Hall–Kier alpha value is -1.11. The number of Topliss-reactive ketones (excluding diaryl/α,β-unsaturated/α-hetero) is 3. The van der Waals surface area contributed by atoms with E-state index in [0.717, 1.165) is 51.4 Å². The van der Waals surface area contributed by atoms with E-state index in [-0.39, 0.29) is 24.7 Å². The van der Waals surface area contributed by atoms with Crippen LogP contribution in [0.2, 0.25) is 0 Å². The maximum Gasteiger partial charge on any atom is 0.210 e. The summed E-state index contributed by atoms with van der Waals surface area (Å²) in [5.74, 6) is -0.761. The van der Waals surface area contributed by atoms with Crippen LogP contribution in [-0.4, -0.2) is 50.5 Å². The molecule has 0 aromatic carbocycles. The number of hydrogen-bond donors (Lipinski definition) is 3. The summed E-state index contributed by atoms with van der Waals surface area (Å²) >= 11 is 0. The molecular formula is C34H64O6. The van der Waals surface area contributed by atoms with Crippen molar-refractivity contribution >= 4 is 17.3 Å². The van der Waals surface area contributed by atoms with Gasteiger partial charge in [0.2, 0.25) is 5.60 Å². The third kappa shape index (κ3) is 14.7. The van der Waals surface area contributed by atoms with E-state index in [2.05, 4.69) is 48.5 Å². The standard InChI is InChI=1S/C34H64O6/c1-23(2)13-10-16-26(7)19-21-29(35)31(37)33(39)34(40,32(38)28(9)18-12-15-25(5)6)30(36)22-20-27(8)17-11-14-24(3)4/h23-28,31,33,37,39-40H,10-22H2,1-9H3. The highest BCUT2D eigenvalue weighted by atomic mass is 16.4. The van der Waals surface area contributed by atoms with Crippen LogP contribution in [0.1, 0.15) is 146 Å². The molecule has 0 aliphatic carbocycles. The van der Waals surface area contributed by atoms with Gasteiger partial charge in [0, 0.05) is 18.8 Å². The molecule has 0 spiro atoms. The van der Waals surface area contributed by atoms with Crippen LogP contribution < -0.4 is 0 Å². The molecule has 6 heteroatoms. The monoisotopic (exact) mass is 568 g/mol. The zero-order chi connectivity index (χ0) is 31.0. The molecule has 0 bridgehead atoms. The molecule has 0 radical (unpaired) electrons. The van der Waals surface area contributed by atoms with Crippen molar-refractivity contribution in [2.45, 2.75) is 164 Å². The van der Waals surface area contributed by atoms with Crippen molar-refractivity contribution in [2.75, 3.05) is 0 Å². The molecule has 0 rings (SSSR count). The second kappa shape index (κ2) is 19.9. The molecule has 0 heterocycles. The van der Waals surface area contributed by atoms with E-state index in [1.54, 1.807) is 6.92 Å². The Bertz CT molecular complexity index is 730. The van der Waals surface area contributed by atoms with Crippen molar-refractivity contribution in [3.05, 3.63) is 0 Å². The zero-order valence-electron chi connectivity index (χ0n) is 27.4. The number of aliphatic hydroxyl groups excluding tert-OH is 2. The van der Waals surface area contributed by atoms with Crippen LogP contribution in [0.4, 0.5) is 0 Å². The quantitative estimate of drug-likeness (QED) is 0.107. The van der Waals surface area contributed by atoms with Crippen molar-refractivity contribution in [3.63, 3.8) is 0 Å². The van der Waals surface area contributed by atoms with Gasteiger partial charge in [-0.3, -0.25) is 14.4 Å². The van der Waals surface area contributed by atoms with Crippen molar-refractivity contribution in [1.29, 1.82) is 0 Å². The van der Waals surface area contributed by atoms with Gasteiger partial charge in [-0.1, -0.05) is 114 Å². The van der Waals surface area contributed by atoms with Crippen LogP contribution in [0, 0.1) is 35.5 Å². The Morgan fingerprint density at radius 3 is 1.40 bits per heavy atom. The van der Waals surface area contributed by atoms with E-state index < -0.39 is 41.1 Å². The molecule has 0 aromatic rings. The first-order chi connectivity index (χ1) is 18.5. The summed E-state index contributed by atoms with van der Waals surface area (Å²) < 4.78 is 0. The van der Waals surface area contributed by atoms with Gasteiger partial charge >= 0.3 is 0 Å². The minimum atomic E-state index is -2.80. The molecule has 0 fully saturated rings. The molecule has 0 saturated carbocycles. The first-order valence-electron chi connectivity index (χ1n) is 16.2. The van der Waals surface area contributed by atoms with Crippen LogP contribution in [0.5, 0.6) is 0 Å². The second-order valence-corrected chi connectivity index (χ2v) is 14.1. The molecule has 40 heavy (non-hydrogen) atoms. The molecular weight excluding hydrogens is 504 g/mol. The molecule has 0 aliphatic rings. The van der Waals surface area contributed by atoms with Gasteiger partial charge in [-0.15, -0.1) is 0 Å². The molecule has 236 valence electrons. The highest BCUT2D eigenvalue weighted by Crippen LogP contribution is 2.29. The highest BCUT2D eigenvalue weighted by Gasteiger charge is 2.54. The number of carbonyl (C=O) groups excluding carboxylic acids is 3. The summed E-state index contributed by atoms with van der Waals surface area (Å²) in [4.78, 5) is 39.8. The minimum Gasteiger partial charge on any atom is -0.386 e. The van der Waals surface area contributed by atoms with E-state index in [1.807, 2.05) is 6.92 Å². The van der Waals surface area contributed by atoms with Gasteiger partial charge in [0.15, 0.2) is 17.3 Å². The van der Waals surface area contributed by atoms with Gasteiger partial charge in [-0.2, -0.15) is 0 Å². The molecule has 3 N–H and O–H groups in total. The van der Waals surface area contributed by atoms with Crippen LogP contribution in [-0.2, 0) is 14.4 Å². The Morgan fingerprint density at radius 2 is 0.975 bits per heavy atom. The summed E-state index contributed by atoms with van der Waals surface area (Å²) in [5.41, 5.74) is -2.80. The maximum absolute atomic E-state index is 13.5. The molecule has 6 atom stereocenters. The van der Waals surface area contributed by atoms with Gasteiger partial charge in [0.25, 0.3) is 0 Å². The zero-order valence-corrected chi connectivity index (χ0v) is 27.4. The average Bonchev–Trinajstić information content (AvgIpc) is 2.87. The molecule has 6 unspecified atom stereocenters. The Balaban J connectivity index is 5.53. The van der Waals surface area contributed by atoms with Crippen LogP contribution >= 0.6 is 0 Å². The highest BCUT2D eigenvalue weighted by molar-refractivity contribution is 6.12. The summed E-state index contributed by atoms with van der Waals surface area (Å²) in [6.07, 6.45) is 5.09. The van der Waals surface area contributed by atoms with E-state index >= 15 is 0 Å². The third-order valence-corrected chi connectivity index (χ3v) is 8.43. The number of rotatable bonds is 24. The number of ketones is 3. The lowest BCUT2D eigenvalue weighted by molar-refractivity contribution is -0.177. The lowest BCUT2D eigenvalue weighted by atomic mass is 9.75. The predicted octanol–water partition coefficient (Wildman–Crippen LogP) is 7.09. The van der Waals surface area contributed by atoms with Crippen molar-refractivity contribution in [1.82, 2.24) is 0 Å². The third-order valence-electron chi connectivity index (χ3n) is 8.43. The fraction of sp³-hybridized carbons (Fsp3) is 0.912. The fourth-order valence-corrected chi connectivity index (χ4v) is 5.33. The summed E-state index contributed by atoms with van der Waals surface area (Å²) in [6, 6.07) is 0. The second-order valence-electron chi connectivity index (χ2n) is 14.1. The van der Waals surface area contributed by atoms with E-state index in [9.17, 15) is 29.7 Å². The van der Waals surface area contributed by atoms with Crippen LogP contribution in [0.3, 0.4) is 0 Å². The maximum atomic E-state index is 13.5. The summed E-state index contributed by atoms with van der Waals surface area (Å²) in [7, 11) is 0. The smallest absolute Gasteiger partial charge is 0.210 e. The van der Waals surface area contributed by atoms with Crippen molar-refractivity contribution in [2.24, 2.45) is 35.5 Å². The van der Waals surface area contributed by atoms with Gasteiger partial charge in [-0.05, 0) is 48.9 Å².